The number of aliphatic hydroxyl groups is 2. The van der Waals surface area contributed by atoms with Crippen molar-refractivity contribution in [2.75, 3.05) is 33.2 Å². The number of anilines is 1. The van der Waals surface area contributed by atoms with Crippen LogP contribution in [0.25, 0.3) is 21.9 Å². The summed E-state index contributed by atoms with van der Waals surface area (Å²) in [6.07, 6.45) is 0. The minimum absolute atomic E-state index is 0. The van der Waals surface area contributed by atoms with Gasteiger partial charge in [-0.3, -0.25) is 0 Å². The fraction of sp³-hybridized carbons (Fsp3) is 0.333. The lowest BCUT2D eigenvalue weighted by molar-refractivity contribution is 0.260. The molecule has 174 valence electrons. The van der Waals surface area contributed by atoms with Crippen LogP contribution < -0.4 is 24.7 Å². The summed E-state index contributed by atoms with van der Waals surface area (Å²) >= 11 is 0. The number of hydrogen-bond acceptors (Lipinski definition) is 7. The van der Waals surface area contributed by atoms with E-state index in [9.17, 15) is 10.2 Å². The molecule has 0 aliphatic carbocycles. The Morgan fingerprint density at radius 3 is 2.00 bits per heavy atom. The predicted octanol–water partition coefficient (Wildman–Crippen LogP) is 4.31. The Kier molecular flexibility index (Phi) is 8.83. The molecule has 4 N–H and O–H groups in total. The van der Waals surface area contributed by atoms with Gasteiger partial charge in [-0.15, -0.1) is 12.4 Å². The van der Waals surface area contributed by atoms with E-state index in [4.69, 9.17) is 24.7 Å². The van der Waals surface area contributed by atoms with Gasteiger partial charge in [0, 0.05) is 0 Å². The van der Waals surface area contributed by atoms with Gasteiger partial charge in [-0.1, -0.05) is 0 Å². The van der Waals surface area contributed by atoms with Crippen LogP contribution in [0, 0.1) is 0 Å². The van der Waals surface area contributed by atoms with E-state index in [0.29, 0.717) is 53.0 Å². The molecule has 0 fully saturated rings. The van der Waals surface area contributed by atoms with Gasteiger partial charge in [-0.05, 0) is 77.2 Å². The maximum atomic E-state index is 10.2. The molecular formula is C24H30ClNO6. The second-order valence-electron chi connectivity index (χ2n) is 6.89. The van der Waals surface area contributed by atoms with Crippen LogP contribution in [-0.4, -0.2) is 37.6 Å². The average Bonchev–Trinajstić information content (AvgIpc) is 2.77. The van der Waals surface area contributed by atoms with Crippen molar-refractivity contribution in [2.45, 2.75) is 27.1 Å². The van der Waals surface area contributed by atoms with Crippen LogP contribution >= 0.6 is 12.4 Å². The van der Waals surface area contributed by atoms with Gasteiger partial charge in [-0.25, -0.2) is 0 Å². The molecule has 0 amide bonds. The van der Waals surface area contributed by atoms with Crippen LogP contribution in [0.4, 0.5) is 5.69 Å². The number of rotatable bonds is 9. The van der Waals surface area contributed by atoms with Gasteiger partial charge in [-0.2, -0.15) is 0 Å². The van der Waals surface area contributed by atoms with Gasteiger partial charge in [0.1, 0.15) is 0 Å². The van der Waals surface area contributed by atoms with E-state index in [0.717, 1.165) is 21.9 Å². The van der Waals surface area contributed by atoms with Crippen molar-refractivity contribution >= 4 is 28.9 Å². The van der Waals surface area contributed by atoms with E-state index >= 15 is 0 Å². The Balaban J connectivity index is 0.00000363. The van der Waals surface area contributed by atoms with Crippen LogP contribution in [0.5, 0.6) is 23.0 Å². The van der Waals surface area contributed by atoms with E-state index in [2.05, 4.69) is 0 Å². The number of aliphatic hydroxyl groups excluding tert-OH is 2. The monoisotopic (exact) mass is 463 g/mol. The van der Waals surface area contributed by atoms with Crippen LogP contribution in [0.1, 0.15) is 25.0 Å². The van der Waals surface area contributed by atoms with Crippen molar-refractivity contribution in [1.29, 1.82) is 0 Å². The summed E-state index contributed by atoms with van der Waals surface area (Å²) in [5.41, 5.74) is 9.32. The van der Waals surface area contributed by atoms with E-state index in [-0.39, 0.29) is 25.6 Å². The summed E-state index contributed by atoms with van der Waals surface area (Å²) in [6.45, 7) is 4.30. The molecular weight excluding hydrogens is 434 g/mol. The van der Waals surface area contributed by atoms with Crippen molar-refractivity contribution in [3.05, 3.63) is 41.5 Å². The highest BCUT2D eigenvalue weighted by Gasteiger charge is 2.20. The molecule has 0 unspecified atom stereocenters. The Hall–Kier alpha value is -2.87. The molecule has 0 aliphatic rings. The maximum absolute atomic E-state index is 10.2. The van der Waals surface area contributed by atoms with Crippen LogP contribution in [0.2, 0.25) is 0 Å². The third-order valence-corrected chi connectivity index (χ3v) is 5.13. The van der Waals surface area contributed by atoms with Gasteiger partial charge >= 0.3 is 0 Å². The molecule has 0 aromatic heterocycles. The number of nitrogen functional groups attached to an aromatic ring is 1. The second-order valence-corrected chi connectivity index (χ2v) is 6.89. The molecule has 0 atom stereocenters. The summed E-state index contributed by atoms with van der Waals surface area (Å²) in [6, 6.07) is 9.21. The molecule has 0 saturated carbocycles. The second kappa shape index (κ2) is 11.1. The molecule has 3 aromatic carbocycles. The summed E-state index contributed by atoms with van der Waals surface area (Å²) < 4.78 is 22.4. The molecule has 0 heterocycles. The lowest BCUT2D eigenvalue weighted by atomic mass is 9.89. The van der Waals surface area contributed by atoms with E-state index in [1.54, 1.807) is 12.1 Å². The SMILES string of the molecule is CCOc1cc2cc(CO)c(CO)c(-c3cc(N)c(OC)c(OC)c3)c2cc1OCC.Cl. The molecule has 8 heteroatoms. The molecule has 7 nitrogen and oxygen atoms in total. The topological polar surface area (TPSA) is 103 Å². The average molecular weight is 464 g/mol. The van der Waals surface area contributed by atoms with Gasteiger partial charge in [0.05, 0.1) is 46.3 Å². The highest BCUT2D eigenvalue weighted by Crippen LogP contribution is 2.44. The smallest absolute Gasteiger partial charge is 0.183 e. The molecule has 0 bridgehead atoms. The highest BCUT2D eigenvalue weighted by atomic mass is 35.5. The van der Waals surface area contributed by atoms with Crippen molar-refractivity contribution in [3.63, 3.8) is 0 Å². The standard InChI is InChI=1S/C24H29NO6.ClH/c1-5-30-20-9-14-7-16(12-26)18(13-27)23(17(14)11-21(20)31-6-2)15-8-19(25)24(29-4)22(10-15)28-3;/h7-11,26-27H,5-6,12-13,25H2,1-4H3;1H. The van der Waals surface area contributed by atoms with Gasteiger partial charge < -0.3 is 34.9 Å². The number of fused-ring (bicyclic) bond motifs is 1. The molecule has 3 rings (SSSR count). The quantitative estimate of drug-likeness (QED) is 0.406. The number of halogens is 1. The molecule has 32 heavy (non-hydrogen) atoms. The summed E-state index contributed by atoms with van der Waals surface area (Å²) in [5, 5.41) is 21.9. The van der Waals surface area contributed by atoms with Gasteiger partial charge in [0.25, 0.3) is 0 Å². The third kappa shape index (κ3) is 4.65. The predicted molar refractivity (Wildman–Crippen MR) is 128 cm³/mol. The fourth-order valence-corrected chi connectivity index (χ4v) is 3.84. The van der Waals surface area contributed by atoms with Crippen molar-refractivity contribution < 1.29 is 29.2 Å². The van der Waals surface area contributed by atoms with E-state index in [1.165, 1.54) is 14.2 Å². The van der Waals surface area contributed by atoms with Crippen molar-refractivity contribution in [1.82, 2.24) is 0 Å². The molecule has 3 aromatic rings. The van der Waals surface area contributed by atoms with Crippen LogP contribution in [-0.2, 0) is 13.2 Å². The molecule has 0 aliphatic heterocycles. The Morgan fingerprint density at radius 1 is 0.812 bits per heavy atom. The number of benzene rings is 3. The lowest BCUT2D eigenvalue weighted by Gasteiger charge is -2.20. The Bertz CT molecular complexity index is 1090. The largest absolute Gasteiger partial charge is 0.493 e. The molecule has 0 radical (unpaired) electrons. The molecule has 0 spiro atoms. The van der Waals surface area contributed by atoms with Crippen LogP contribution in [0.3, 0.4) is 0 Å². The number of hydrogen-bond donors (Lipinski definition) is 3. The van der Waals surface area contributed by atoms with Gasteiger partial charge in [0.15, 0.2) is 23.0 Å². The first-order valence-electron chi connectivity index (χ1n) is 10.1. The molecule has 0 saturated heterocycles. The van der Waals surface area contributed by atoms with Crippen molar-refractivity contribution in [3.8, 4) is 34.1 Å². The minimum atomic E-state index is -0.257. The number of methoxy groups -OCH3 is 2. The summed E-state index contributed by atoms with van der Waals surface area (Å²) in [4.78, 5) is 0. The minimum Gasteiger partial charge on any atom is -0.493 e. The fourth-order valence-electron chi connectivity index (χ4n) is 3.84. The number of nitrogens with two attached hydrogens (primary N) is 1. The zero-order valence-electron chi connectivity index (χ0n) is 18.7. The Labute approximate surface area is 194 Å². The first kappa shape index (κ1) is 25.4. The van der Waals surface area contributed by atoms with E-state index in [1.807, 2.05) is 32.0 Å². The number of ether oxygens (including phenoxy) is 4. The first-order valence-corrected chi connectivity index (χ1v) is 10.1. The third-order valence-electron chi connectivity index (χ3n) is 5.13. The van der Waals surface area contributed by atoms with Gasteiger partial charge in [0.2, 0.25) is 0 Å². The van der Waals surface area contributed by atoms with Crippen molar-refractivity contribution in [2.24, 2.45) is 0 Å². The van der Waals surface area contributed by atoms with Crippen LogP contribution in [0.15, 0.2) is 30.3 Å². The zero-order chi connectivity index (χ0) is 22.5. The highest BCUT2D eigenvalue weighted by molar-refractivity contribution is 6.01. The Morgan fingerprint density at radius 2 is 1.47 bits per heavy atom. The maximum Gasteiger partial charge on any atom is 0.183 e. The first-order chi connectivity index (χ1) is 15.0. The normalized spacial score (nSPS) is 10.6. The summed E-state index contributed by atoms with van der Waals surface area (Å²) in [5.74, 6) is 2.13. The summed E-state index contributed by atoms with van der Waals surface area (Å²) in [7, 11) is 3.07. The lowest BCUT2D eigenvalue weighted by Crippen LogP contribution is -2.03. The van der Waals surface area contributed by atoms with E-state index < -0.39 is 0 Å². The zero-order valence-corrected chi connectivity index (χ0v) is 19.5.